The van der Waals surface area contributed by atoms with Crippen LogP contribution in [0.1, 0.15) is 11.1 Å². The van der Waals surface area contributed by atoms with Crippen LogP contribution in [-0.4, -0.2) is 21.8 Å². The molecule has 2 aromatic carbocycles. The van der Waals surface area contributed by atoms with Crippen LogP contribution < -0.4 is 0 Å². The third-order valence-corrected chi connectivity index (χ3v) is 3.63. The molecule has 0 atom stereocenters. The van der Waals surface area contributed by atoms with Gasteiger partial charge in [0.05, 0.1) is 9.85 Å². The van der Waals surface area contributed by atoms with Crippen LogP contribution in [0.4, 0.5) is 11.4 Å². The second-order valence-electron chi connectivity index (χ2n) is 5.06. The van der Waals surface area contributed by atoms with Crippen LogP contribution in [-0.2, 0) is 0 Å². The van der Waals surface area contributed by atoms with Gasteiger partial charge in [0.25, 0.3) is 11.4 Å². The Labute approximate surface area is 138 Å². The molecule has 2 aromatic rings. The van der Waals surface area contributed by atoms with Gasteiger partial charge in [0, 0.05) is 42.7 Å². The fraction of sp³-hybridized carbons (Fsp3) is 0.0588. The molecule has 0 aliphatic rings. The molecule has 0 radical (unpaired) electrons. The lowest BCUT2D eigenvalue weighted by atomic mass is 10.1. The summed E-state index contributed by atoms with van der Waals surface area (Å²) in [6.45, 7) is 7.96. The van der Waals surface area contributed by atoms with Gasteiger partial charge in [-0.25, -0.2) is 0 Å². The van der Waals surface area contributed by atoms with Crippen molar-refractivity contribution in [3.05, 3.63) is 93.0 Å². The first-order valence-corrected chi connectivity index (χ1v) is 6.92. The highest BCUT2D eigenvalue weighted by Crippen LogP contribution is 2.27. The molecule has 0 aliphatic carbocycles. The minimum atomic E-state index is -0.466. The summed E-state index contributed by atoms with van der Waals surface area (Å²) >= 11 is 0. The predicted octanol–water partition coefficient (Wildman–Crippen LogP) is 4.08. The molecule has 0 fully saturated rings. The van der Waals surface area contributed by atoms with E-state index in [9.17, 15) is 20.2 Å². The third-order valence-electron chi connectivity index (χ3n) is 3.63. The summed E-state index contributed by atoms with van der Waals surface area (Å²) in [6.07, 6.45) is 0. The predicted molar refractivity (Wildman–Crippen MR) is 92.0 cm³/mol. The molecule has 0 unspecified atom stereocenters. The van der Waals surface area contributed by atoms with Crippen LogP contribution in [0.2, 0.25) is 0 Å². The summed E-state index contributed by atoms with van der Waals surface area (Å²) in [5.41, 5.74) is 2.64. The molecule has 0 saturated heterocycles. The molecule has 0 N–H and O–H groups in total. The zero-order valence-corrected chi connectivity index (χ0v) is 13.0. The number of rotatable bonds is 6. The van der Waals surface area contributed by atoms with Crippen LogP contribution in [0.5, 0.6) is 0 Å². The van der Waals surface area contributed by atoms with Crippen LogP contribution in [0.25, 0.3) is 11.4 Å². The van der Waals surface area contributed by atoms with E-state index < -0.39 is 9.85 Å². The largest absolute Gasteiger partial charge is 0.345 e. The molecule has 7 nitrogen and oxygen atoms in total. The van der Waals surface area contributed by atoms with Gasteiger partial charge in [0.1, 0.15) is 0 Å². The van der Waals surface area contributed by atoms with Crippen molar-refractivity contribution in [1.29, 1.82) is 0 Å². The van der Waals surface area contributed by atoms with Crippen molar-refractivity contribution in [3.8, 4) is 0 Å². The van der Waals surface area contributed by atoms with E-state index in [2.05, 4.69) is 13.2 Å². The standard InChI is InChI=1S/C17H15N3O4/c1-12(14-4-8-16(9-5-14)19(21)22)18(3)13(2)15-6-10-17(11-7-15)20(23)24/h4-11H,1-2H2,3H3. The molecule has 24 heavy (non-hydrogen) atoms. The molecule has 122 valence electrons. The van der Waals surface area contributed by atoms with Crippen LogP contribution in [0.3, 0.4) is 0 Å². The lowest BCUT2D eigenvalue weighted by Gasteiger charge is -2.24. The molecule has 0 bridgehead atoms. The first kappa shape index (κ1) is 16.9. The minimum Gasteiger partial charge on any atom is -0.345 e. The summed E-state index contributed by atoms with van der Waals surface area (Å²) in [5, 5.41) is 21.4. The van der Waals surface area contributed by atoms with Crippen molar-refractivity contribution in [2.75, 3.05) is 7.05 Å². The van der Waals surface area contributed by atoms with Gasteiger partial charge < -0.3 is 4.90 Å². The highest BCUT2D eigenvalue weighted by atomic mass is 16.6. The maximum absolute atomic E-state index is 10.7. The molecule has 2 rings (SSSR count). The molecular weight excluding hydrogens is 310 g/mol. The van der Waals surface area contributed by atoms with Gasteiger partial charge in [0.15, 0.2) is 0 Å². The Balaban J connectivity index is 2.18. The second-order valence-corrected chi connectivity index (χ2v) is 5.06. The molecule has 0 amide bonds. The zero-order valence-electron chi connectivity index (χ0n) is 13.0. The number of nitro groups is 2. The van der Waals surface area contributed by atoms with E-state index in [1.54, 1.807) is 36.2 Å². The number of hydrogen-bond donors (Lipinski definition) is 0. The monoisotopic (exact) mass is 325 g/mol. The summed E-state index contributed by atoms with van der Waals surface area (Å²) in [7, 11) is 1.76. The van der Waals surface area contributed by atoms with E-state index in [-0.39, 0.29) is 11.4 Å². The van der Waals surface area contributed by atoms with Crippen molar-refractivity contribution in [1.82, 2.24) is 4.90 Å². The number of nitrogens with zero attached hydrogens (tertiary/aromatic N) is 3. The Bertz CT molecular complexity index is 741. The Morgan fingerprint density at radius 1 is 0.792 bits per heavy atom. The quantitative estimate of drug-likeness (QED) is 0.589. The van der Waals surface area contributed by atoms with Gasteiger partial charge in [-0.2, -0.15) is 0 Å². The fourth-order valence-electron chi connectivity index (χ4n) is 2.10. The minimum absolute atomic E-state index is 0.00315. The summed E-state index contributed by atoms with van der Waals surface area (Å²) in [6, 6.07) is 12.1. The van der Waals surface area contributed by atoms with Crippen LogP contribution in [0, 0.1) is 20.2 Å². The topological polar surface area (TPSA) is 89.5 Å². The van der Waals surface area contributed by atoms with Crippen molar-refractivity contribution < 1.29 is 9.85 Å². The highest BCUT2D eigenvalue weighted by Gasteiger charge is 2.13. The van der Waals surface area contributed by atoms with Gasteiger partial charge in [0.2, 0.25) is 0 Å². The van der Waals surface area contributed by atoms with E-state index >= 15 is 0 Å². The fourth-order valence-corrected chi connectivity index (χ4v) is 2.10. The maximum Gasteiger partial charge on any atom is 0.269 e. The first-order chi connectivity index (χ1) is 11.3. The van der Waals surface area contributed by atoms with E-state index in [4.69, 9.17) is 0 Å². The van der Waals surface area contributed by atoms with Crippen molar-refractivity contribution in [3.63, 3.8) is 0 Å². The molecule has 0 spiro atoms. The normalized spacial score (nSPS) is 10.0. The first-order valence-electron chi connectivity index (χ1n) is 6.92. The van der Waals surface area contributed by atoms with Crippen LogP contribution in [0.15, 0.2) is 61.7 Å². The summed E-state index contributed by atoms with van der Waals surface area (Å²) in [4.78, 5) is 22.2. The highest BCUT2D eigenvalue weighted by molar-refractivity contribution is 5.75. The van der Waals surface area contributed by atoms with E-state index in [1.807, 2.05) is 0 Å². The van der Waals surface area contributed by atoms with Gasteiger partial charge in [-0.1, -0.05) is 13.2 Å². The van der Waals surface area contributed by atoms with Gasteiger partial charge >= 0.3 is 0 Å². The molecule has 7 heteroatoms. The van der Waals surface area contributed by atoms with Crippen molar-refractivity contribution in [2.24, 2.45) is 0 Å². The molecule has 0 aliphatic heterocycles. The molecule has 0 aromatic heterocycles. The number of benzene rings is 2. The molecular formula is C17H15N3O4. The van der Waals surface area contributed by atoms with Crippen molar-refractivity contribution >= 4 is 22.8 Å². The Hall–Kier alpha value is -3.48. The number of hydrogen-bond acceptors (Lipinski definition) is 5. The summed E-state index contributed by atoms with van der Waals surface area (Å²) in [5.74, 6) is 0. The van der Waals surface area contributed by atoms with Gasteiger partial charge in [-0.3, -0.25) is 20.2 Å². The van der Waals surface area contributed by atoms with Gasteiger partial charge in [-0.05, 0) is 35.4 Å². The maximum atomic E-state index is 10.7. The molecule has 0 saturated carbocycles. The average Bonchev–Trinajstić information content (AvgIpc) is 2.60. The Kier molecular flexibility index (Phi) is 4.74. The number of non-ortho nitro benzene ring substituents is 2. The van der Waals surface area contributed by atoms with Crippen molar-refractivity contribution in [2.45, 2.75) is 0 Å². The lowest BCUT2D eigenvalue weighted by molar-refractivity contribution is -0.385. The van der Waals surface area contributed by atoms with Crippen LogP contribution >= 0.6 is 0 Å². The Morgan fingerprint density at radius 2 is 1.08 bits per heavy atom. The SMILES string of the molecule is C=C(c1ccc([N+](=O)[O-])cc1)N(C)C(=C)c1ccc([N+](=O)[O-])cc1. The van der Waals surface area contributed by atoms with Gasteiger partial charge in [-0.15, -0.1) is 0 Å². The number of nitro benzene ring substituents is 2. The lowest BCUT2D eigenvalue weighted by Crippen LogP contribution is -2.14. The second kappa shape index (κ2) is 6.74. The zero-order chi connectivity index (χ0) is 17.9. The van der Waals surface area contributed by atoms with E-state index in [1.165, 1.54) is 24.3 Å². The average molecular weight is 325 g/mol. The smallest absolute Gasteiger partial charge is 0.269 e. The van der Waals surface area contributed by atoms with E-state index in [0.29, 0.717) is 22.5 Å². The third kappa shape index (κ3) is 3.46. The molecule has 0 heterocycles. The van der Waals surface area contributed by atoms with E-state index in [0.717, 1.165) is 0 Å². The Morgan fingerprint density at radius 3 is 1.33 bits per heavy atom. The summed E-state index contributed by atoms with van der Waals surface area (Å²) < 4.78 is 0.